The fourth-order valence-corrected chi connectivity index (χ4v) is 1.42. The van der Waals surface area contributed by atoms with Gasteiger partial charge >= 0.3 is 0 Å². The van der Waals surface area contributed by atoms with Crippen LogP contribution < -0.4 is 5.32 Å². The summed E-state index contributed by atoms with van der Waals surface area (Å²) in [6.07, 6.45) is 0. The van der Waals surface area contributed by atoms with Crippen LogP contribution in [0, 0.1) is 6.92 Å². The summed E-state index contributed by atoms with van der Waals surface area (Å²) >= 11 is 11.8. The van der Waals surface area contributed by atoms with Crippen LogP contribution in [0.15, 0.2) is 12.1 Å². The van der Waals surface area contributed by atoms with Crippen molar-refractivity contribution in [3.05, 3.63) is 27.7 Å². The molecule has 0 aliphatic rings. The van der Waals surface area contributed by atoms with Crippen LogP contribution in [0.2, 0.25) is 10.0 Å². The Bertz CT molecular complexity index is 302. The van der Waals surface area contributed by atoms with E-state index in [2.05, 4.69) is 5.32 Å². The second-order valence-corrected chi connectivity index (χ2v) is 3.55. The van der Waals surface area contributed by atoms with Crippen LogP contribution >= 0.6 is 23.2 Å². The van der Waals surface area contributed by atoms with Crippen LogP contribution in [-0.2, 0) is 0 Å². The van der Waals surface area contributed by atoms with Gasteiger partial charge in [0.05, 0.1) is 17.3 Å². The molecule has 0 unspecified atom stereocenters. The molecule has 2 N–H and O–H groups in total. The topological polar surface area (TPSA) is 32.3 Å². The molecule has 0 saturated heterocycles. The van der Waals surface area contributed by atoms with Crippen molar-refractivity contribution < 1.29 is 5.11 Å². The molecule has 0 fully saturated rings. The molecule has 0 saturated carbocycles. The zero-order valence-electron chi connectivity index (χ0n) is 7.27. The van der Waals surface area contributed by atoms with Crippen molar-refractivity contribution in [3.63, 3.8) is 0 Å². The van der Waals surface area contributed by atoms with Crippen molar-refractivity contribution >= 4 is 28.9 Å². The third-order valence-corrected chi connectivity index (χ3v) is 2.40. The molecule has 1 aromatic rings. The molecule has 2 nitrogen and oxygen atoms in total. The number of benzene rings is 1. The average Bonchev–Trinajstić information content (AvgIpc) is 2.09. The van der Waals surface area contributed by atoms with Crippen LogP contribution in [0.5, 0.6) is 0 Å². The SMILES string of the molecule is Cc1cc(Cl)c(NCCO)cc1Cl. The van der Waals surface area contributed by atoms with Gasteiger partial charge in [-0.3, -0.25) is 0 Å². The van der Waals surface area contributed by atoms with Crippen molar-refractivity contribution in [1.29, 1.82) is 0 Å². The Labute approximate surface area is 87.5 Å². The Hall–Kier alpha value is -0.440. The van der Waals surface area contributed by atoms with Crippen LogP contribution in [0.1, 0.15) is 5.56 Å². The number of anilines is 1. The monoisotopic (exact) mass is 219 g/mol. The zero-order valence-corrected chi connectivity index (χ0v) is 8.78. The molecule has 72 valence electrons. The molecular weight excluding hydrogens is 209 g/mol. The first-order valence-electron chi connectivity index (χ1n) is 3.95. The van der Waals surface area contributed by atoms with E-state index in [1.165, 1.54) is 0 Å². The Morgan fingerprint density at radius 1 is 1.31 bits per heavy atom. The first kappa shape index (κ1) is 10.6. The molecule has 0 aromatic heterocycles. The summed E-state index contributed by atoms with van der Waals surface area (Å²) in [4.78, 5) is 0. The summed E-state index contributed by atoms with van der Waals surface area (Å²) < 4.78 is 0. The van der Waals surface area contributed by atoms with Crippen molar-refractivity contribution in [3.8, 4) is 0 Å². The lowest BCUT2D eigenvalue weighted by atomic mass is 10.2. The van der Waals surface area contributed by atoms with Gasteiger partial charge in [0.15, 0.2) is 0 Å². The standard InChI is InChI=1S/C9H11Cl2NO/c1-6-4-8(11)9(5-7(6)10)12-2-3-13/h4-5,12-13H,2-3H2,1H3. The van der Waals surface area contributed by atoms with Gasteiger partial charge < -0.3 is 10.4 Å². The van der Waals surface area contributed by atoms with E-state index in [1.807, 2.05) is 6.92 Å². The quantitative estimate of drug-likeness (QED) is 0.820. The van der Waals surface area contributed by atoms with Gasteiger partial charge in [0.1, 0.15) is 0 Å². The number of aryl methyl sites for hydroxylation is 1. The maximum atomic E-state index is 8.60. The molecule has 0 aliphatic heterocycles. The number of aliphatic hydroxyl groups is 1. The molecule has 1 aromatic carbocycles. The summed E-state index contributed by atoms with van der Waals surface area (Å²) in [5.41, 5.74) is 1.70. The molecule has 0 spiro atoms. The minimum absolute atomic E-state index is 0.0713. The first-order chi connectivity index (χ1) is 6.15. The summed E-state index contributed by atoms with van der Waals surface area (Å²) in [6.45, 7) is 2.44. The molecule has 0 bridgehead atoms. The van der Waals surface area contributed by atoms with Crippen molar-refractivity contribution in [2.24, 2.45) is 0 Å². The largest absolute Gasteiger partial charge is 0.395 e. The molecule has 0 amide bonds. The highest BCUT2D eigenvalue weighted by molar-refractivity contribution is 6.35. The third-order valence-electron chi connectivity index (χ3n) is 1.68. The highest BCUT2D eigenvalue weighted by Crippen LogP contribution is 2.28. The van der Waals surface area contributed by atoms with Crippen molar-refractivity contribution in [1.82, 2.24) is 0 Å². The molecule has 13 heavy (non-hydrogen) atoms. The van der Waals surface area contributed by atoms with E-state index in [1.54, 1.807) is 12.1 Å². The lowest BCUT2D eigenvalue weighted by molar-refractivity contribution is 0.311. The lowest BCUT2D eigenvalue weighted by Gasteiger charge is -2.08. The second-order valence-electron chi connectivity index (χ2n) is 2.73. The maximum absolute atomic E-state index is 8.60. The van der Waals surface area contributed by atoms with Crippen LogP contribution in [0.25, 0.3) is 0 Å². The van der Waals surface area contributed by atoms with E-state index < -0.39 is 0 Å². The van der Waals surface area contributed by atoms with E-state index in [-0.39, 0.29) is 6.61 Å². The number of halogens is 2. The molecule has 4 heteroatoms. The number of hydrogen-bond acceptors (Lipinski definition) is 2. The second kappa shape index (κ2) is 4.70. The Kier molecular flexibility index (Phi) is 3.85. The summed E-state index contributed by atoms with van der Waals surface area (Å²) in [7, 11) is 0. The van der Waals surface area contributed by atoms with Gasteiger partial charge in [-0.2, -0.15) is 0 Å². The predicted molar refractivity (Wildman–Crippen MR) is 56.8 cm³/mol. The molecule has 0 heterocycles. The Balaban J connectivity index is 2.88. The Morgan fingerprint density at radius 3 is 2.62 bits per heavy atom. The minimum atomic E-state index is 0.0713. The highest BCUT2D eigenvalue weighted by Gasteiger charge is 2.03. The van der Waals surface area contributed by atoms with Crippen molar-refractivity contribution in [2.75, 3.05) is 18.5 Å². The predicted octanol–water partition coefficient (Wildman–Crippen LogP) is 2.71. The van der Waals surface area contributed by atoms with Gasteiger partial charge in [-0.05, 0) is 24.6 Å². The van der Waals surface area contributed by atoms with E-state index in [9.17, 15) is 0 Å². The van der Waals surface area contributed by atoms with Crippen LogP contribution in [0.3, 0.4) is 0 Å². The van der Waals surface area contributed by atoms with Gasteiger partial charge in [0.25, 0.3) is 0 Å². The van der Waals surface area contributed by atoms with Gasteiger partial charge in [0.2, 0.25) is 0 Å². The minimum Gasteiger partial charge on any atom is -0.395 e. The first-order valence-corrected chi connectivity index (χ1v) is 4.71. The van der Waals surface area contributed by atoms with E-state index >= 15 is 0 Å². The highest BCUT2D eigenvalue weighted by atomic mass is 35.5. The van der Waals surface area contributed by atoms with E-state index in [0.717, 1.165) is 11.3 Å². The van der Waals surface area contributed by atoms with Gasteiger partial charge in [0, 0.05) is 11.6 Å². The van der Waals surface area contributed by atoms with Gasteiger partial charge in [-0.15, -0.1) is 0 Å². The fourth-order valence-electron chi connectivity index (χ4n) is 0.972. The normalized spacial score (nSPS) is 10.2. The molecule has 0 aliphatic carbocycles. The molecule has 1 rings (SSSR count). The van der Waals surface area contributed by atoms with Crippen LogP contribution in [0.4, 0.5) is 5.69 Å². The molecule has 0 atom stereocenters. The van der Waals surface area contributed by atoms with Gasteiger partial charge in [-0.1, -0.05) is 23.2 Å². The number of hydrogen-bond donors (Lipinski definition) is 2. The molecular formula is C9H11Cl2NO. The maximum Gasteiger partial charge on any atom is 0.0641 e. The van der Waals surface area contributed by atoms with Crippen molar-refractivity contribution in [2.45, 2.75) is 6.92 Å². The number of rotatable bonds is 3. The van der Waals surface area contributed by atoms with E-state index in [4.69, 9.17) is 28.3 Å². The summed E-state index contributed by atoms with van der Waals surface area (Å²) in [5.74, 6) is 0. The number of aliphatic hydroxyl groups excluding tert-OH is 1. The molecule has 0 radical (unpaired) electrons. The lowest BCUT2D eigenvalue weighted by Crippen LogP contribution is -2.05. The summed E-state index contributed by atoms with van der Waals surface area (Å²) in [6, 6.07) is 3.55. The zero-order chi connectivity index (χ0) is 9.84. The number of nitrogens with one attached hydrogen (secondary N) is 1. The van der Waals surface area contributed by atoms with Gasteiger partial charge in [-0.25, -0.2) is 0 Å². The third kappa shape index (κ3) is 2.76. The average molecular weight is 220 g/mol. The van der Waals surface area contributed by atoms with Crippen LogP contribution in [-0.4, -0.2) is 18.3 Å². The smallest absolute Gasteiger partial charge is 0.0641 e. The fraction of sp³-hybridized carbons (Fsp3) is 0.333. The summed E-state index contributed by atoms with van der Waals surface area (Å²) in [5, 5.41) is 12.9. The Morgan fingerprint density at radius 2 is 2.00 bits per heavy atom. The van der Waals surface area contributed by atoms with E-state index in [0.29, 0.717) is 16.6 Å².